The maximum atomic E-state index is 12.7. The van der Waals surface area contributed by atoms with E-state index in [2.05, 4.69) is 0 Å². The highest BCUT2D eigenvalue weighted by molar-refractivity contribution is 5.94. The Morgan fingerprint density at radius 2 is 1.85 bits per heavy atom. The zero-order valence-corrected chi connectivity index (χ0v) is 15.1. The van der Waals surface area contributed by atoms with Gasteiger partial charge in [-0.15, -0.1) is 0 Å². The first-order valence-corrected chi connectivity index (χ1v) is 8.81. The normalized spacial score (nSPS) is 21.8. The molecule has 7 heteroatoms. The van der Waals surface area contributed by atoms with Crippen LogP contribution in [0, 0.1) is 12.3 Å². The first kappa shape index (κ1) is 18.2. The van der Waals surface area contributed by atoms with Crippen LogP contribution in [0.15, 0.2) is 18.2 Å². The van der Waals surface area contributed by atoms with Crippen LogP contribution in [0.1, 0.15) is 42.1 Å². The fraction of sp³-hybridized carbons (Fsp3) is 0.526. The van der Waals surface area contributed by atoms with E-state index in [0.717, 1.165) is 0 Å². The molecule has 2 aliphatic heterocycles. The van der Waals surface area contributed by atoms with Crippen LogP contribution in [0.2, 0.25) is 0 Å². The molecular formula is C19H24N2O5. The number of carbonyl (C=O) groups excluding carboxylic acids is 2. The van der Waals surface area contributed by atoms with Gasteiger partial charge in [-0.2, -0.15) is 0 Å². The van der Waals surface area contributed by atoms with Crippen molar-refractivity contribution in [3.05, 3.63) is 29.3 Å². The molecule has 2 aliphatic rings. The average molecular weight is 360 g/mol. The Bertz CT molecular complexity index is 728. The molecule has 0 aliphatic carbocycles. The lowest BCUT2D eigenvalue weighted by atomic mass is 9.76. The summed E-state index contributed by atoms with van der Waals surface area (Å²) >= 11 is 0. The first-order valence-electron chi connectivity index (χ1n) is 8.81. The van der Waals surface area contributed by atoms with Gasteiger partial charge in [-0.05, 0) is 49.3 Å². The summed E-state index contributed by atoms with van der Waals surface area (Å²) in [5.41, 5.74) is 0.930. The Morgan fingerprint density at radius 1 is 1.19 bits per heavy atom. The summed E-state index contributed by atoms with van der Waals surface area (Å²) < 4.78 is 0. The highest BCUT2D eigenvalue weighted by atomic mass is 16.4. The van der Waals surface area contributed by atoms with Crippen LogP contribution in [0.3, 0.4) is 0 Å². The van der Waals surface area contributed by atoms with E-state index in [9.17, 15) is 24.6 Å². The quantitative estimate of drug-likeness (QED) is 0.835. The Hall–Kier alpha value is -2.57. The molecular weight excluding hydrogens is 336 g/mol. The van der Waals surface area contributed by atoms with Crippen molar-refractivity contribution in [3.8, 4) is 5.75 Å². The van der Waals surface area contributed by atoms with Gasteiger partial charge in [0.15, 0.2) is 0 Å². The summed E-state index contributed by atoms with van der Waals surface area (Å²) in [6.45, 7) is 4.65. The molecule has 2 N–H and O–H groups in total. The maximum Gasteiger partial charge on any atom is 0.326 e. The van der Waals surface area contributed by atoms with Crippen LogP contribution in [-0.2, 0) is 9.59 Å². The molecule has 1 atom stereocenters. The third-order valence-electron chi connectivity index (χ3n) is 5.77. The zero-order chi connectivity index (χ0) is 19.1. The number of benzene rings is 1. The van der Waals surface area contributed by atoms with Crippen LogP contribution in [0.25, 0.3) is 0 Å². The number of amides is 2. The van der Waals surface area contributed by atoms with Gasteiger partial charge in [0.05, 0.1) is 0 Å². The molecule has 0 saturated carbocycles. The van der Waals surface area contributed by atoms with Gasteiger partial charge >= 0.3 is 5.97 Å². The fourth-order valence-electron chi connectivity index (χ4n) is 4.08. The monoisotopic (exact) mass is 360 g/mol. The smallest absolute Gasteiger partial charge is 0.326 e. The van der Waals surface area contributed by atoms with Gasteiger partial charge in [0.2, 0.25) is 5.91 Å². The van der Waals surface area contributed by atoms with Crippen molar-refractivity contribution in [2.45, 2.75) is 39.2 Å². The Kier molecular flexibility index (Phi) is 4.64. The molecule has 0 aromatic heterocycles. The van der Waals surface area contributed by atoms with Crippen molar-refractivity contribution >= 4 is 17.8 Å². The van der Waals surface area contributed by atoms with Crippen LogP contribution in [0.5, 0.6) is 5.75 Å². The molecule has 3 rings (SSSR count). The molecule has 2 amide bonds. The molecule has 0 bridgehead atoms. The molecule has 7 nitrogen and oxygen atoms in total. The fourth-order valence-corrected chi connectivity index (χ4v) is 4.08. The SMILES string of the molecule is CC(=O)N1CC2(CCN(C(=O)c3ccc(C)c(O)c3)CC2)C[C@@H]1C(=O)O. The predicted octanol–water partition coefficient (Wildman–Crippen LogP) is 1.63. The second kappa shape index (κ2) is 6.63. The van der Waals surface area contributed by atoms with Crippen molar-refractivity contribution in [1.82, 2.24) is 9.80 Å². The van der Waals surface area contributed by atoms with Crippen LogP contribution < -0.4 is 0 Å². The third-order valence-corrected chi connectivity index (χ3v) is 5.77. The number of carboxylic acids is 1. The molecule has 140 valence electrons. The van der Waals surface area contributed by atoms with E-state index in [-0.39, 0.29) is 23.0 Å². The van der Waals surface area contributed by atoms with Crippen molar-refractivity contribution in [2.24, 2.45) is 5.41 Å². The highest BCUT2D eigenvalue weighted by Gasteiger charge is 2.49. The Morgan fingerprint density at radius 3 is 2.35 bits per heavy atom. The molecule has 2 fully saturated rings. The van der Waals surface area contributed by atoms with Gasteiger partial charge in [0.1, 0.15) is 11.8 Å². The summed E-state index contributed by atoms with van der Waals surface area (Å²) in [4.78, 5) is 39.1. The minimum Gasteiger partial charge on any atom is -0.508 e. The van der Waals surface area contributed by atoms with E-state index in [0.29, 0.717) is 50.0 Å². The second-order valence-electron chi connectivity index (χ2n) is 7.50. The number of carbonyl (C=O) groups is 3. The minimum atomic E-state index is -0.967. The van der Waals surface area contributed by atoms with Gasteiger partial charge in [-0.3, -0.25) is 9.59 Å². The number of aromatic hydroxyl groups is 1. The number of nitrogens with zero attached hydrogens (tertiary/aromatic N) is 2. The number of carboxylic acid groups (broad SMARTS) is 1. The number of hydrogen-bond donors (Lipinski definition) is 2. The summed E-state index contributed by atoms with van der Waals surface area (Å²) in [6, 6.07) is 4.13. The number of likely N-dealkylation sites (tertiary alicyclic amines) is 2. The summed E-state index contributed by atoms with van der Waals surface area (Å²) in [7, 11) is 0. The van der Waals surface area contributed by atoms with E-state index in [4.69, 9.17) is 0 Å². The topological polar surface area (TPSA) is 98.2 Å². The number of phenolic OH excluding ortho intramolecular Hbond substituents is 1. The van der Waals surface area contributed by atoms with Crippen LogP contribution in [-0.4, -0.2) is 63.5 Å². The Balaban J connectivity index is 1.69. The molecule has 2 saturated heterocycles. The lowest BCUT2D eigenvalue weighted by Crippen LogP contribution is -2.44. The largest absolute Gasteiger partial charge is 0.508 e. The van der Waals surface area contributed by atoms with E-state index < -0.39 is 12.0 Å². The molecule has 1 aromatic rings. The van der Waals surface area contributed by atoms with Crippen molar-refractivity contribution in [2.75, 3.05) is 19.6 Å². The molecule has 26 heavy (non-hydrogen) atoms. The summed E-state index contributed by atoms with van der Waals surface area (Å²) in [5, 5.41) is 19.2. The van der Waals surface area contributed by atoms with E-state index in [1.165, 1.54) is 17.9 Å². The number of aliphatic carboxylic acids is 1. The maximum absolute atomic E-state index is 12.7. The minimum absolute atomic E-state index is 0.0986. The van der Waals surface area contributed by atoms with Gasteiger partial charge in [-0.25, -0.2) is 4.79 Å². The highest BCUT2D eigenvalue weighted by Crippen LogP contribution is 2.43. The lowest BCUT2D eigenvalue weighted by Gasteiger charge is -2.39. The first-order chi connectivity index (χ1) is 12.2. The number of aryl methyl sites for hydroxylation is 1. The molecule has 0 radical (unpaired) electrons. The molecule has 1 spiro atoms. The average Bonchev–Trinajstić information content (AvgIpc) is 2.97. The van der Waals surface area contributed by atoms with Crippen molar-refractivity contribution in [1.29, 1.82) is 0 Å². The molecule has 2 heterocycles. The van der Waals surface area contributed by atoms with Gasteiger partial charge in [0, 0.05) is 32.1 Å². The summed E-state index contributed by atoms with van der Waals surface area (Å²) in [5.74, 6) is -1.22. The van der Waals surface area contributed by atoms with E-state index in [1.807, 2.05) is 0 Å². The van der Waals surface area contributed by atoms with E-state index >= 15 is 0 Å². The Labute approximate surface area is 152 Å². The predicted molar refractivity (Wildman–Crippen MR) is 93.8 cm³/mol. The standard InChI is InChI=1S/C19H24N2O5/c1-12-3-4-14(9-16(12)23)17(24)20-7-5-19(6-8-20)10-15(18(25)26)21(11-19)13(2)22/h3-4,9,15,23H,5-8,10-11H2,1-2H3,(H,25,26)/t15-/m1/s1. The lowest BCUT2D eigenvalue weighted by molar-refractivity contribution is -0.147. The van der Waals surface area contributed by atoms with Crippen LogP contribution >= 0.6 is 0 Å². The van der Waals surface area contributed by atoms with Crippen LogP contribution in [0.4, 0.5) is 0 Å². The number of piperidine rings is 1. The van der Waals surface area contributed by atoms with Crippen molar-refractivity contribution < 1.29 is 24.6 Å². The molecule has 0 unspecified atom stereocenters. The van der Waals surface area contributed by atoms with Gasteiger partial charge in [0.25, 0.3) is 5.91 Å². The van der Waals surface area contributed by atoms with E-state index in [1.54, 1.807) is 24.0 Å². The number of hydrogen-bond acceptors (Lipinski definition) is 4. The number of phenols is 1. The van der Waals surface area contributed by atoms with Crippen molar-refractivity contribution in [3.63, 3.8) is 0 Å². The summed E-state index contributed by atoms with van der Waals surface area (Å²) in [6.07, 6.45) is 1.78. The number of rotatable bonds is 2. The van der Waals surface area contributed by atoms with Gasteiger partial charge in [-0.1, -0.05) is 6.07 Å². The zero-order valence-electron chi connectivity index (χ0n) is 15.1. The van der Waals surface area contributed by atoms with Gasteiger partial charge < -0.3 is 20.0 Å². The molecule has 1 aromatic carbocycles. The third kappa shape index (κ3) is 3.25. The second-order valence-corrected chi connectivity index (χ2v) is 7.50.